The molecule has 10 heteroatoms. The molecule has 0 fully saturated rings. The number of rotatable bonds is 6. The van der Waals surface area contributed by atoms with Crippen LogP contribution in [-0.2, 0) is 9.53 Å². The Bertz CT molecular complexity index is 913. The van der Waals surface area contributed by atoms with Gasteiger partial charge in [0.2, 0.25) is 11.8 Å². The van der Waals surface area contributed by atoms with Crippen molar-refractivity contribution in [2.45, 2.75) is 0 Å². The van der Waals surface area contributed by atoms with Crippen LogP contribution in [0.1, 0.15) is 31.1 Å². The van der Waals surface area contributed by atoms with E-state index in [1.54, 1.807) is 0 Å². The molecule has 0 aliphatic heterocycles. The molecule has 0 atom stereocenters. The minimum atomic E-state index is -0.817. The van der Waals surface area contributed by atoms with Crippen LogP contribution in [0.5, 0.6) is 0 Å². The molecule has 0 saturated heterocycles. The SMILES string of the molecule is NC(=O)c1cc(NC(=O)COC(=O)c2ccc(Cl)cc2N)cc(C(N)=O)c1. The van der Waals surface area contributed by atoms with Gasteiger partial charge in [-0.05, 0) is 36.4 Å². The number of anilines is 2. The molecule has 0 saturated carbocycles. The van der Waals surface area contributed by atoms with Crippen molar-refractivity contribution in [2.75, 3.05) is 17.7 Å². The van der Waals surface area contributed by atoms with Gasteiger partial charge in [-0.1, -0.05) is 11.6 Å². The van der Waals surface area contributed by atoms with Gasteiger partial charge >= 0.3 is 5.97 Å². The van der Waals surface area contributed by atoms with Crippen LogP contribution in [0.4, 0.5) is 11.4 Å². The van der Waals surface area contributed by atoms with Crippen molar-refractivity contribution < 1.29 is 23.9 Å². The third kappa shape index (κ3) is 5.19. The Morgan fingerprint density at radius 2 is 1.56 bits per heavy atom. The van der Waals surface area contributed by atoms with E-state index in [1.807, 2.05) is 0 Å². The number of carbonyl (C=O) groups excluding carboxylic acids is 4. The van der Waals surface area contributed by atoms with E-state index in [-0.39, 0.29) is 28.1 Å². The number of halogens is 1. The van der Waals surface area contributed by atoms with E-state index < -0.39 is 30.3 Å². The van der Waals surface area contributed by atoms with Crippen LogP contribution in [0.15, 0.2) is 36.4 Å². The summed E-state index contributed by atoms with van der Waals surface area (Å²) in [4.78, 5) is 46.6. The molecule has 9 nitrogen and oxygen atoms in total. The minimum Gasteiger partial charge on any atom is -0.452 e. The Morgan fingerprint density at radius 3 is 2.07 bits per heavy atom. The van der Waals surface area contributed by atoms with E-state index in [2.05, 4.69) is 5.32 Å². The molecular weight excluding hydrogens is 376 g/mol. The molecular formula is C17H15ClN4O5. The van der Waals surface area contributed by atoms with Crippen LogP contribution in [0.2, 0.25) is 5.02 Å². The average Bonchev–Trinajstić information content (AvgIpc) is 2.59. The number of nitrogens with two attached hydrogens (primary N) is 3. The lowest BCUT2D eigenvalue weighted by Gasteiger charge is -2.10. The Balaban J connectivity index is 2.06. The number of hydrogen-bond donors (Lipinski definition) is 4. The first kappa shape index (κ1) is 19.7. The van der Waals surface area contributed by atoms with Crippen LogP contribution in [-0.4, -0.2) is 30.3 Å². The summed E-state index contributed by atoms with van der Waals surface area (Å²) in [5.41, 5.74) is 16.2. The molecule has 0 unspecified atom stereocenters. The standard InChI is InChI=1S/C17H15ClN4O5/c18-10-1-2-12(13(19)6-10)17(26)27-7-14(23)22-11-4-8(15(20)24)3-9(5-11)16(21)25/h1-6H,7,19H2,(H2,20,24)(H2,21,25)(H,22,23). The molecule has 7 N–H and O–H groups in total. The third-order valence-electron chi connectivity index (χ3n) is 3.35. The number of ether oxygens (including phenoxy) is 1. The summed E-state index contributed by atoms with van der Waals surface area (Å²) in [7, 11) is 0. The maximum Gasteiger partial charge on any atom is 0.340 e. The van der Waals surface area contributed by atoms with Crippen molar-refractivity contribution in [3.63, 3.8) is 0 Å². The highest BCUT2D eigenvalue weighted by atomic mass is 35.5. The van der Waals surface area contributed by atoms with Crippen LogP contribution in [0, 0.1) is 0 Å². The fraction of sp³-hybridized carbons (Fsp3) is 0.0588. The van der Waals surface area contributed by atoms with Crippen LogP contribution < -0.4 is 22.5 Å². The fourth-order valence-electron chi connectivity index (χ4n) is 2.11. The van der Waals surface area contributed by atoms with E-state index >= 15 is 0 Å². The average molecular weight is 391 g/mol. The summed E-state index contributed by atoms with van der Waals surface area (Å²) < 4.78 is 4.88. The highest BCUT2D eigenvalue weighted by molar-refractivity contribution is 6.31. The van der Waals surface area contributed by atoms with E-state index in [9.17, 15) is 19.2 Å². The molecule has 2 aromatic carbocycles. The summed E-state index contributed by atoms with van der Waals surface area (Å²) >= 11 is 5.75. The summed E-state index contributed by atoms with van der Waals surface area (Å²) in [6.07, 6.45) is 0. The Labute approximate surface area is 158 Å². The van der Waals surface area contributed by atoms with Gasteiger partial charge in [0.15, 0.2) is 6.61 Å². The minimum absolute atomic E-state index is 0.0208. The van der Waals surface area contributed by atoms with Gasteiger partial charge in [-0.15, -0.1) is 0 Å². The number of esters is 1. The second kappa shape index (κ2) is 8.19. The predicted molar refractivity (Wildman–Crippen MR) is 98.3 cm³/mol. The first-order valence-corrected chi connectivity index (χ1v) is 7.82. The molecule has 0 aliphatic carbocycles. The van der Waals surface area contributed by atoms with Crippen molar-refractivity contribution in [1.82, 2.24) is 0 Å². The third-order valence-corrected chi connectivity index (χ3v) is 3.59. The largest absolute Gasteiger partial charge is 0.452 e. The van der Waals surface area contributed by atoms with Crippen molar-refractivity contribution in [1.29, 1.82) is 0 Å². The van der Waals surface area contributed by atoms with E-state index in [4.69, 9.17) is 33.5 Å². The van der Waals surface area contributed by atoms with Gasteiger partial charge in [0.05, 0.1) is 5.56 Å². The molecule has 2 aromatic rings. The molecule has 27 heavy (non-hydrogen) atoms. The van der Waals surface area contributed by atoms with Gasteiger partial charge in [0.1, 0.15) is 0 Å². The van der Waals surface area contributed by atoms with Gasteiger partial charge in [-0.2, -0.15) is 0 Å². The molecule has 0 spiro atoms. The first-order valence-electron chi connectivity index (χ1n) is 7.44. The summed E-state index contributed by atoms with van der Waals surface area (Å²) in [6, 6.07) is 7.91. The molecule has 3 amide bonds. The fourth-order valence-corrected chi connectivity index (χ4v) is 2.29. The summed E-state index contributed by atoms with van der Waals surface area (Å²) in [6.45, 7) is -0.631. The number of benzene rings is 2. The smallest absolute Gasteiger partial charge is 0.340 e. The Hall–Kier alpha value is -3.59. The topological polar surface area (TPSA) is 168 Å². The first-order chi connectivity index (χ1) is 12.7. The van der Waals surface area contributed by atoms with Gasteiger partial charge in [0.25, 0.3) is 5.91 Å². The van der Waals surface area contributed by atoms with E-state index in [1.165, 1.54) is 36.4 Å². The van der Waals surface area contributed by atoms with E-state index in [0.29, 0.717) is 5.02 Å². The number of primary amides is 2. The quantitative estimate of drug-likeness (QED) is 0.422. The van der Waals surface area contributed by atoms with Crippen molar-refractivity contribution in [3.05, 3.63) is 58.1 Å². The summed E-state index contributed by atoms with van der Waals surface area (Å²) in [5, 5.41) is 2.73. The highest BCUT2D eigenvalue weighted by Gasteiger charge is 2.15. The van der Waals surface area contributed by atoms with Gasteiger partial charge in [-0.3, -0.25) is 14.4 Å². The molecule has 0 heterocycles. The second-order valence-corrected chi connectivity index (χ2v) is 5.82. The monoisotopic (exact) mass is 390 g/mol. The second-order valence-electron chi connectivity index (χ2n) is 5.38. The van der Waals surface area contributed by atoms with Crippen LogP contribution >= 0.6 is 11.6 Å². The molecule has 0 radical (unpaired) electrons. The summed E-state index contributed by atoms with van der Waals surface area (Å²) in [5.74, 6) is -3.15. The van der Waals surface area contributed by atoms with Gasteiger partial charge in [0, 0.05) is 27.5 Å². The lowest BCUT2D eigenvalue weighted by molar-refractivity contribution is -0.119. The molecule has 0 bridgehead atoms. The Morgan fingerprint density at radius 1 is 0.963 bits per heavy atom. The zero-order chi connectivity index (χ0) is 20.1. The number of amides is 3. The molecule has 140 valence electrons. The normalized spacial score (nSPS) is 10.1. The number of hydrogen-bond acceptors (Lipinski definition) is 6. The van der Waals surface area contributed by atoms with E-state index in [0.717, 1.165) is 0 Å². The number of carbonyl (C=O) groups is 4. The number of nitrogen functional groups attached to an aromatic ring is 1. The predicted octanol–water partition coefficient (Wildman–Crippen LogP) is 0.915. The molecule has 0 aromatic heterocycles. The van der Waals surface area contributed by atoms with Crippen molar-refractivity contribution in [2.24, 2.45) is 11.5 Å². The Kier molecular flexibility index (Phi) is 5.99. The van der Waals surface area contributed by atoms with Crippen LogP contribution in [0.3, 0.4) is 0 Å². The maximum absolute atomic E-state index is 12.0. The van der Waals surface area contributed by atoms with Crippen molar-refractivity contribution >= 4 is 46.7 Å². The maximum atomic E-state index is 12.0. The molecule has 2 rings (SSSR count). The van der Waals surface area contributed by atoms with Crippen LogP contribution in [0.25, 0.3) is 0 Å². The lowest BCUT2D eigenvalue weighted by Crippen LogP contribution is -2.22. The van der Waals surface area contributed by atoms with Crippen molar-refractivity contribution in [3.8, 4) is 0 Å². The zero-order valence-corrected chi connectivity index (χ0v) is 14.6. The molecule has 0 aliphatic rings. The lowest BCUT2D eigenvalue weighted by atomic mass is 10.1. The van der Waals surface area contributed by atoms with Gasteiger partial charge < -0.3 is 27.3 Å². The van der Waals surface area contributed by atoms with Gasteiger partial charge in [-0.25, -0.2) is 4.79 Å². The number of nitrogens with one attached hydrogen (secondary N) is 1. The highest BCUT2D eigenvalue weighted by Crippen LogP contribution is 2.19. The zero-order valence-electron chi connectivity index (χ0n) is 13.8.